The van der Waals surface area contributed by atoms with E-state index in [4.69, 9.17) is 21.6 Å². The second kappa shape index (κ2) is 4.55. The van der Waals surface area contributed by atoms with Crippen LogP contribution >= 0.6 is 11.6 Å². The van der Waals surface area contributed by atoms with E-state index < -0.39 is 0 Å². The Bertz CT molecular complexity index is 409. The topological polar surface area (TPSA) is 33.0 Å². The molecule has 0 N–H and O–H groups in total. The van der Waals surface area contributed by atoms with Gasteiger partial charge in [-0.2, -0.15) is 5.26 Å². The number of hydrogen-bond donors (Lipinski definition) is 0. The third-order valence-electron chi connectivity index (χ3n) is 2.72. The van der Waals surface area contributed by atoms with Gasteiger partial charge in [0, 0.05) is 0 Å². The molecule has 78 valence electrons. The van der Waals surface area contributed by atoms with Crippen LogP contribution in [0.2, 0.25) is 5.02 Å². The van der Waals surface area contributed by atoms with Gasteiger partial charge in [-0.1, -0.05) is 17.7 Å². The van der Waals surface area contributed by atoms with Crippen molar-refractivity contribution < 1.29 is 4.74 Å². The van der Waals surface area contributed by atoms with E-state index in [9.17, 15) is 0 Å². The average molecular weight is 222 g/mol. The molecule has 0 unspecified atom stereocenters. The number of aryl methyl sites for hydroxylation is 1. The molecule has 1 aromatic rings. The Morgan fingerprint density at radius 1 is 1.33 bits per heavy atom. The summed E-state index contributed by atoms with van der Waals surface area (Å²) in [6.07, 6.45) is 4.56. The second-order valence-electron chi connectivity index (χ2n) is 3.67. The zero-order chi connectivity index (χ0) is 10.7. The van der Waals surface area contributed by atoms with E-state index in [1.54, 1.807) is 0 Å². The highest BCUT2D eigenvalue weighted by molar-refractivity contribution is 6.33. The van der Waals surface area contributed by atoms with Crippen molar-refractivity contribution in [2.75, 3.05) is 6.61 Å². The maximum Gasteiger partial charge on any atom is 0.174 e. The minimum atomic E-state index is 0.0541. The smallest absolute Gasteiger partial charge is 0.174 e. The summed E-state index contributed by atoms with van der Waals surface area (Å²) in [6, 6.07) is 5.87. The Morgan fingerprint density at radius 2 is 2.13 bits per heavy atom. The number of rotatable bonds is 2. The molecule has 1 aromatic carbocycles. The lowest BCUT2D eigenvalue weighted by Crippen LogP contribution is -2.05. The molecule has 15 heavy (non-hydrogen) atoms. The lowest BCUT2D eigenvalue weighted by atomic mass is 9.91. The molecule has 0 fully saturated rings. The van der Waals surface area contributed by atoms with Gasteiger partial charge in [0.1, 0.15) is 11.8 Å². The van der Waals surface area contributed by atoms with Crippen molar-refractivity contribution in [3.8, 4) is 11.8 Å². The van der Waals surface area contributed by atoms with Gasteiger partial charge in [-0.05, 0) is 42.9 Å². The fourth-order valence-electron chi connectivity index (χ4n) is 1.98. The first-order valence-corrected chi connectivity index (χ1v) is 5.50. The maximum absolute atomic E-state index is 8.44. The van der Waals surface area contributed by atoms with Crippen LogP contribution < -0.4 is 4.74 Å². The number of fused-ring (bicyclic) bond motifs is 1. The molecule has 1 aliphatic carbocycles. The van der Waals surface area contributed by atoms with Crippen LogP contribution in [0.25, 0.3) is 0 Å². The van der Waals surface area contributed by atoms with E-state index in [0.717, 1.165) is 12.8 Å². The number of hydrogen-bond acceptors (Lipinski definition) is 2. The summed E-state index contributed by atoms with van der Waals surface area (Å²) in [4.78, 5) is 0. The quantitative estimate of drug-likeness (QED) is 0.769. The summed E-state index contributed by atoms with van der Waals surface area (Å²) in [7, 11) is 0. The molecule has 2 nitrogen and oxygen atoms in total. The molecule has 3 heteroatoms. The molecule has 2 rings (SSSR count). The summed E-state index contributed by atoms with van der Waals surface area (Å²) in [6.45, 7) is 0.0541. The van der Waals surface area contributed by atoms with Crippen LogP contribution in [0.1, 0.15) is 24.0 Å². The molecule has 0 aliphatic heterocycles. The fraction of sp³-hybridized carbons (Fsp3) is 0.417. The third-order valence-corrected chi connectivity index (χ3v) is 3.13. The molecule has 0 amide bonds. The number of ether oxygens (including phenoxy) is 1. The van der Waals surface area contributed by atoms with Gasteiger partial charge in [-0.3, -0.25) is 0 Å². The van der Waals surface area contributed by atoms with E-state index in [0.29, 0.717) is 10.8 Å². The number of benzene rings is 1. The third kappa shape index (κ3) is 2.08. The Labute approximate surface area is 94.4 Å². The molecule has 0 spiro atoms. The first kappa shape index (κ1) is 10.3. The van der Waals surface area contributed by atoms with Crippen molar-refractivity contribution in [2.24, 2.45) is 0 Å². The summed E-state index contributed by atoms with van der Waals surface area (Å²) in [5.41, 5.74) is 2.54. The van der Waals surface area contributed by atoms with Crippen molar-refractivity contribution in [2.45, 2.75) is 25.7 Å². The molecular weight excluding hydrogens is 210 g/mol. The van der Waals surface area contributed by atoms with Gasteiger partial charge in [-0.25, -0.2) is 0 Å². The van der Waals surface area contributed by atoms with E-state index in [-0.39, 0.29) is 6.61 Å². The van der Waals surface area contributed by atoms with Crippen molar-refractivity contribution >= 4 is 11.6 Å². The monoisotopic (exact) mass is 221 g/mol. The predicted octanol–water partition coefficient (Wildman–Crippen LogP) is 3.12. The van der Waals surface area contributed by atoms with E-state index >= 15 is 0 Å². The molecule has 0 aromatic heterocycles. The van der Waals surface area contributed by atoms with Gasteiger partial charge in [0.05, 0.1) is 5.02 Å². The van der Waals surface area contributed by atoms with Gasteiger partial charge >= 0.3 is 0 Å². The second-order valence-corrected chi connectivity index (χ2v) is 4.05. The van der Waals surface area contributed by atoms with E-state index in [1.807, 2.05) is 12.1 Å². The van der Waals surface area contributed by atoms with Gasteiger partial charge < -0.3 is 4.74 Å². The maximum atomic E-state index is 8.44. The SMILES string of the molecule is N#CCOc1ccc2c(c1Cl)CCCC2. The summed E-state index contributed by atoms with van der Waals surface area (Å²) in [5, 5.41) is 9.14. The highest BCUT2D eigenvalue weighted by Crippen LogP contribution is 2.34. The summed E-state index contributed by atoms with van der Waals surface area (Å²) < 4.78 is 5.26. The van der Waals surface area contributed by atoms with E-state index in [2.05, 4.69) is 6.07 Å². The minimum Gasteiger partial charge on any atom is -0.477 e. The number of nitriles is 1. The average Bonchev–Trinajstić information content (AvgIpc) is 2.29. The minimum absolute atomic E-state index is 0.0541. The van der Waals surface area contributed by atoms with Crippen LogP contribution in [0.4, 0.5) is 0 Å². The zero-order valence-corrected chi connectivity index (χ0v) is 9.18. The number of nitrogens with zero attached hydrogens (tertiary/aromatic N) is 1. The normalized spacial score (nSPS) is 14.1. The Hall–Kier alpha value is -1.20. The lowest BCUT2D eigenvalue weighted by molar-refractivity contribution is 0.367. The van der Waals surface area contributed by atoms with Gasteiger partial charge in [0.2, 0.25) is 0 Å². The molecule has 0 heterocycles. The molecule has 1 aliphatic rings. The number of halogens is 1. The highest BCUT2D eigenvalue weighted by Gasteiger charge is 2.15. The Morgan fingerprint density at radius 3 is 2.93 bits per heavy atom. The van der Waals surface area contributed by atoms with Crippen LogP contribution in [0.3, 0.4) is 0 Å². The van der Waals surface area contributed by atoms with Gasteiger partial charge in [-0.15, -0.1) is 0 Å². The summed E-state index contributed by atoms with van der Waals surface area (Å²) >= 11 is 6.23. The van der Waals surface area contributed by atoms with Crippen LogP contribution in [-0.2, 0) is 12.8 Å². The predicted molar refractivity (Wildman–Crippen MR) is 59.2 cm³/mol. The lowest BCUT2D eigenvalue weighted by Gasteiger charge is -2.18. The summed E-state index contributed by atoms with van der Waals surface area (Å²) in [5.74, 6) is 0.638. The molecular formula is C12H12ClNO. The van der Waals surface area contributed by atoms with E-state index in [1.165, 1.54) is 24.0 Å². The van der Waals surface area contributed by atoms with Crippen LogP contribution in [0.15, 0.2) is 12.1 Å². The molecule has 0 saturated heterocycles. The molecule has 0 saturated carbocycles. The van der Waals surface area contributed by atoms with Crippen molar-refractivity contribution in [1.29, 1.82) is 5.26 Å². The van der Waals surface area contributed by atoms with Crippen LogP contribution in [-0.4, -0.2) is 6.61 Å². The molecule has 0 radical (unpaired) electrons. The van der Waals surface area contributed by atoms with Crippen LogP contribution in [0.5, 0.6) is 5.75 Å². The first-order chi connectivity index (χ1) is 7.33. The Balaban J connectivity index is 2.31. The largest absolute Gasteiger partial charge is 0.477 e. The van der Waals surface area contributed by atoms with Crippen LogP contribution in [0, 0.1) is 11.3 Å². The zero-order valence-electron chi connectivity index (χ0n) is 8.42. The van der Waals surface area contributed by atoms with Crippen molar-refractivity contribution in [1.82, 2.24) is 0 Å². The fourth-order valence-corrected chi connectivity index (χ4v) is 2.32. The van der Waals surface area contributed by atoms with Gasteiger partial charge in [0.15, 0.2) is 6.61 Å². The molecule has 0 atom stereocenters. The first-order valence-electron chi connectivity index (χ1n) is 5.13. The van der Waals surface area contributed by atoms with Crippen molar-refractivity contribution in [3.05, 3.63) is 28.3 Å². The van der Waals surface area contributed by atoms with Crippen molar-refractivity contribution in [3.63, 3.8) is 0 Å². The standard InChI is InChI=1S/C12H12ClNO/c13-12-10-4-2-1-3-9(10)5-6-11(12)15-8-7-14/h5-6H,1-4,8H2. The highest BCUT2D eigenvalue weighted by atomic mass is 35.5. The van der Waals surface area contributed by atoms with Gasteiger partial charge in [0.25, 0.3) is 0 Å². The Kier molecular flexibility index (Phi) is 3.13. The molecule has 0 bridgehead atoms.